The normalized spacial score (nSPS) is 12.2. The van der Waals surface area contributed by atoms with Gasteiger partial charge in [-0.15, -0.1) is 0 Å². The number of carboxylic acid groups (broad SMARTS) is 1. The highest BCUT2D eigenvalue weighted by molar-refractivity contribution is 6.43. The number of carbonyl (C=O) groups is 2. The number of allylic oxidation sites excluding steroid dienone is 1. The van der Waals surface area contributed by atoms with Crippen LogP contribution in [0.25, 0.3) is 6.08 Å². The maximum absolute atomic E-state index is 12.2. The second kappa shape index (κ2) is 12.8. The average molecular weight is 495 g/mol. The van der Waals surface area contributed by atoms with Gasteiger partial charge in [-0.2, -0.15) is 0 Å². The van der Waals surface area contributed by atoms with Crippen molar-refractivity contribution < 1.29 is 24.4 Å². The lowest BCUT2D eigenvalue weighted by Crippen LogP contribution is -2.42. The van der Waals surface area contributed by atoms with Crippen LogP contribution in [0.3, 0.4) is 0 Å². The molecule has 2 N–H and O–H groups in total. The van der Waals surface area contributed by atoms with Gasteiger partial charge in [0.15, 0.2) is 0 Å². The Morgan fingerprint density at radius 3 is 2.48 bits per heavy atom. The highest BCUT2D eigenvalue weighted by Gasteiger charge is 2.20. The average Bonchev–Trinajstić information content (AvgIpc) is 2.78. The molecule has 0 unspecified atom stereocenters. The van der Waals surface area contributed by atoms with Crippen molar-refractivity contribution in [1.29, 1.82) is 0 Å². The Morgan fingerprint density at radius 1 is 1.18 bits per heavy atom. The van der Waals surface area contributed by atoms with Crippen molar-refractivity contribution in [2.45, 2.75) is 38.6 Å². The van der Waals surface area contributed by atoms with Crippen LogP contribution >= 0.6 is 23.2 Å². The van der Waals surface area contributed by atoms with Gasteiger partial charge in [0.25, 0.3) is 0 Å². The van der Waals surface area contributed by atoms with Crippen LogP contribution in [0, 0.1) is 10.1 Å². The number of carboxylic acids is 1. The van der Waals surface area contributed by atoms with Crippen LogP contribution in [0.4, 0.5) is 0 Å². The molecule has 0 aliphatic heterocycles. The minimum atomic E-state index is -1.11. The first-order valence-corrected chi connectivity index (χ1v) is 11.0. The number of ether oxygens (including phenoxy) is 1. The van der Waals surface area contributed by atoms with Crippen LogP contribution in [0.15, 0.2) is 48.2 Å². The molecule has 0 radical (unpaired) electrons. The van der Waals surface area contributed by atoms with E-state index in [9.17, 15) is 24.8 Å². The summed E-state index contributed by atoms with van der Waals surface area (Å²) in [7, 11) is 0. The minimum absolute atomic E-state index is 0.000392. The molecule has 0 saturated heterocycles. The van der Waals surface area contributed by atoms with Crippen LogP contribution in [0.5, 0.6) is 5.75 Å². The molecule has 0 heterocycles. The van der Waals surface area contributed by atoms with Crippen molar-refractivity contribution in [2.75, 3.05) is 6.61 Å². The van der Waals surface area contributed by atoms with Gasteiger partial charge in [0.05, 0.1) is 16.6 Å². The summed E-state index contributed by atoms with van der Waals surface area (Å²) in [6, 6.07) is 11.1. The van der Waals surface area contributed by atoms with Crippen LogP contribution < -0.4 is 10.1 Å². The predicted molar refractivity (Wildman–Crippen MR) is 126 cm³/mol. The Hall–Kier alpha value is -3.10. The molecule has 0 aliphatic rings. The number of nitrogens with zero attached hydrogens (tertiary/aromatic N) is 1. The zero-order valence-electron chi connectivity index (χ0n) is 17.9. The first-order valence-electron chi connectivity index (χ1n) is 10.2. The molecule has 0 spiro atoms. The number of hydrogen-bond acceptors (Lipinski definition) is 5. The van der Waals surface area contributed by atoms with Gasteiger partial charge in [-0.3, -0.25) is 14.9 Å². The molecule has 2 aromatic rings. The van der Waals surface area contributed by atoms with Gasteiger partial charge in [-0.1, -0.05) is 60.5 Å². The SMILES string of the molecule is CCC(=Cc1ccc(OCCCC(=O)N[C@@H](Cc2ccccc2)C(=O)O)c(Cl)c1Cl)[N+](=O)[O-]. The van der Waals surface area contributed by atoms with Crippen molar-refractivity contribution in [3.05, 3.63) is 79.4 Å². The molecule has 33 heavy (non-hydrogen) atoms. The van der Waals surface area contributed by atoms with Gasteiger partial charge in [-0.25, -0.2) is 4.79 Å². The number of nitrogens with one attached hydrogen (secondary N) is 1. The number of rotatable bonds is 12. The van der Waals surface area contributed by atoms with Crippen LogP contribution in [0.1, 0.15) is 37.3 Å². The fourth-order valence-corrected chi connectivity index (χ4v) is 3.40. The van der Waals surface area contributed by atoms with Crippen LogP contribution in [-0.4, -0.2) is 34.6 Å². The van der Waals surface area contributed by atoms with Crippen molar-refractivity contribution in [2.24, 2.45) is 0 Å². The fraction of sp³-hybridized carbons (Fsp3) is 0.304. The summed E-state index contributed by atoms with van der Waals surface area (Å²) >= 11 is 12.4. The molecule has 0 bridgehead atoms. The molecule has 0 fully saturated rings. The smallest absolute Gasteiger partial charge is 0.326 e. The van der Waals surface area contributed by atoms with Crippen LogP contribution in [0.2, 0.25) is 10.0 Å². The Labute approximate surface area is 201 Å². The Balaban J connectivity index is 1.88. The third-order valence-corrected chi connectivity index (χ3v) is 5.60. The quantitative estimate of drug-likeness (QED) is 0.243. The standard InChI is InChI=1S/C23H24Cl2N2O6/c1-2-17(27(31)32)14-16-10-11-19(22(25)21(16)24)33-12-6-9-20(28)26-18(23(29)30)13-15-7-4-3-5-8-15/h3-5,7-8,10-11,14,18H,2,6,9,12-13H2,1H3,(H,26,28)(H,29,30)/t18-/m0/s1. The molecule has 10 heteroatoms. The van der Waals surface area contributed by atoms with E-state index in [2.05, 4.69) is 5.32 Å². The molecule has 1 amide bonds. The van der Waals surface area contributed by atoms with Crippen molar-refractivity contribution in [3.63, 3.8) is 0 Å². The summed E-state index contributed by atoms with van der Waals surface area (Å²) in [5.74, 6) is -1.23. The third-order valence-electron chi connectivity index (χ3n) is 4.72. The first-order chi connectivity index (χ1) is 15.7. The second-order valence-corrected chi connectivity index (χ2v) is 7.88. The molecule has 2 aromatic carbocycles. The predicted octanol–water partition coefficient (Wildman–Crippen LogP) is 4.99. The van der Waals surface area contributed by atoms with Gasteiger partial charge in [0, 0.05) is 30.9 Å². The van der Waals surface area contributed by atoms with Gasteiger partial charge in [-0.05, 0) is 24.1 Å². The zero-order valence-corrected chi connectivity index (χ0v) is 19.4. The molecule has 0 aromatic heterocycles. The number of aliphatic carboxylic acids is 1. The molecular weight excluding hydrogens is 471 g/mol. The Bertz CT molecular complexity index is 1030. The molecule has 1 atom stereocenters. The zero-order chi connectivity index (χ0) is 24.4. The topological polar surface area (TPSA) is 119 Å². The lowest BCUT2D eigenvalue weighted by molar-refractivity contribution is -0.425. The summed E-state index contributed by atoms with van der Waals surface area (Å²) in [6.45, 7) is 1.81. The Morgan fingerprint density at radius 2 is 1.88 bits per heavy atom. The van der Waals surface area contributed by atoms with E-state index in [4.69, 9.17) is 27.9 Å². The number of carbonyl (C=O) groups excluding carboxylic acids is 1. The van der Waals surface area contributed by atoms with Gasteiger partial charge in [0.2, 0.25) is 11.6 Å². The van der Waals surface area contributed by atoms with E-state index < -0.39 is 22.8 Å². The summed E-state index contributed by atoms with van der Waals surface area (Å²) in [6.07, 6.45) is 2.16. The van der Waals surface area contributed by atoms with E-state index >= 15 is 0 Å². The molecule has 0 aliphatic carbocycles. The fourth-order valence-electron chi connectivity index (χ4n) is 2.96. The number of amides is 1. The highest BCUT2D eigenvalue weighted by atomic mass is 35.5. The van der Waals surface area contributed by atoms with Crippen molar-refractivity contribution in [3.8, 4) is 5.75 Å². The lowest BCUT2D eigenvalue weighted by Gasteiger charge is -2.15. The minimum Gasteiger partial charge on any atom is -0.492 e. The first kappa shape index (κ1) is 26.2. The molecule has 8 nitrogen and oxygen atoms in total. The van der Waals surface area contributed by atoms with E-state index in [0.29, 0.717) is 12.0 Å². The van der Waals surface area contributed by atoms with E-state index in [1.807, 2.05) is 6.07 Å². The number of hydrogen-bond donors (Lipinski definition) is 2. The molecule has 176 valence electrons. The van der Waals surface area contributed by atoms with Crippen LogP contribution in [-0.2, 0) is 16.0 Å². The van der Waals surface area contributed by atoms with E-state index in [0.717, 1.165) is 5.56 Å². The number of benzene rings is 2. The highest BCUT2D eigenvalue weighted by Crippen LogP contribution is 2.36. The second-order valence-electron chi connectivity index (χ2n) is 7.13. The summed E-state index contributed by atoms with van der Waals surface area (Å²) < 4.78 is 5.58. The van der Waals surface area contributed by atoms with Gasteiger partial charge < -0.3 is 15.2 Å². The van der Waals surface area contributed by atoms with Crippen molar-refractivity contribution in [1.82, 2.24) is 5.32 Å². The maximum atomic E-state index is 12.2. The third kappa shape index (κ3) is 8.07. The monoisotopic (exact) mass is 494 g/mol. The van der Waals surface area contributed by atoms with E-state index in [1.165, 1.54) is 6.08 Å². The largest absolute Gasteiger partial charge is 0.492 e. The summed E-state index contributed by atoms with van der Waals surface area (Å²) in [5.41, 5.74) is 1.21. The number of halogens is 2. The van der Waals surface area contributed by atoms with E-state index in [-0.39, 0.29) is 47.4 Å². The van der Waals surface area contributed by atoms with Gasteiger partial charge in [0.1, 0.15) is 16.8 Å². The maximum Gasteiger partial charge on any atom is 0.326 e. The van der Waals surface area contributed by atoms with Gasteiger partial charge >= 0.3 is 5.97 Å². The van der Waals surface area contributed by atoms with Crippen molar-refractivity contribution >= 4 is 41.2 Å². The lowest BCUT2D eigenvalue weighted by atomic mass is 10.1. The molecule has 2 rings (SSSR count). The summed E-state index contributed by atoms with van der Waals surface area (Å²) in [4.78, 5) is 34.2. The molecule has 0 saturated carbocycles. The molecular formula is C23H24Cl2N2O6. The summed E-state index contributed by atoms with van der Waals surface area (Å²) in [5, 5.41) is 23.1. The van der Waals surface area contributed by atoms with E-state index in [1.54, 1.807) is 43.3 Å². The Kier molecular flexibility index (Phi) is 10.2. The number of nitro groups is 1.